The molecule has 0 bridgehead atoms. The quantitative estimate of drug-likeness (QED) is 0.586. The average Bonchev–Trinajstić information content (AvgIpc) is 1.80. The van der Waals surface area contributed by atoms with Crippen molar-refractivity contribution in [2.24, 2.45) is 17.1 Å². The molecule has 0 aliphatic rings. The lowest BCUT2D eigenvalue weighted by Gasteiger charge is -2.23. The number of allylic oxidation sites excluding steroid dienone is 1. The molecule has 0 aliphatic heterocycles. The molecule has 1 unspecified atom stereocenters. The molecule has 1 nitrogen and oxygen atoms in total. The Kier molecular flexibility index (Phi) is 3.66. The molecule has 0 spiro atoms. The first-order chi connectivity index (χ1) is 4.48. The molecular weight excluding hydrogens is 122 g/mol. The summed E-state index contributed by atoms with van der Waals surface area (Å²) >= 11 is 0. The van der Waals surface area contributed by atoms with E-state index < -0.39 is 0 Å². The van der Waals surface area contributed by atoms with Gasteiger partial charge in [-0.1, -0.05) is 39.8 Å². The zero-order chi connectivity index (χ0) is 8.20. The van der Waals surface area contributed by atoms with Crippen LogP contribution < -0.4 is 5.73 Å². The fourth-order valence-corrected chi connectivity index (χ4v) is 0.571. The van der Waals surface area contributed by atoms with Crippen LogP contribution in [-0.4, -0.2) is 6.54 Å². The summed E-state index contributed by atoms with van der Waals surface area (Å²) < 4.78 is 0. The predicted octanol–water partition coefficient (Wildman–Crippen LogP) is 2.18. The monoisotopic (exact) mass is 141 g/mol. The first-order valence-electron chi connectivity index (χ1n) is 3.85. The summed E-state index contributed by atoms with van der Waals surface area (Å²) in [5.74, 6) is 0.607. The second-order valence-corrected chi connectivity index (χ2v) is 3.82. The van der Waals surface area contributed by atoms with Crippen LogP contribution in [0.3, 0.4) is 0 Å². The summed E-state index contributed by atoms with van der Waals surface area (Å²) in [6.07, 6.45) is 4.20. The molecule has 0 rings (SSSR count). The summed E-state index contributed by atoms with van der Waals surface area (Å²) in [7, 11) is 0. The molecule has 2 N–H and O–H groups in total. The van der Waals surface area contributed by atoms with Crippen molar-refractivity contribution >= 4 is 0 Å². The third-order valence-electron chi connectivity index (χ3n) is 1.93. The van der Waals surface area contributed by atoms with Crippen molar-refractivity contribution in [1.82, 2.24) is 0 Å². The average molecular weight is 141 g/mol. The molecule has 0 fully saturated rings. The van der Waals surface area contributed by atoms with Gasteiger partial charge in [-0.15, -0.1) is 0 Å². The van der Waals surface area contributed by atoms with E-state index in [1.165, 1.54) is 0 Å². The summed E-state index contributed by atoms with van der Waals surface area (Å²) in [6.45, 7) is 9.57. The molecule has 0 aromatic rings. The summed E-state index contributed by atoms with van der Waals surface area (Å²) in [4.78, 5) is 0. The van der Waals surface area contributed by atoms with E-state index in [-0.39, 0.29) is 0 Å². The van der Waals surface area contributed by atoms with Gasteiger partial charge in [0.15, 0.2) is 0 Å². The number of nitrogens with two attached hydrogens (primary N) is 1. The Morgan fingerprint density at radius 1 is 1.40 bits per heavy atom. The van der Waals surface area contributed by atoms with Gasteiger partial charge in [0.2, 0.25) is 0 Å². The Hall–Kier alpha value is -0.300. The van der Waals surface area contributed by atoms with Gasteiger partial charge in [-0.25, -0.2) is 0 Å². The van der Waals surface area contributed by atoms with Crippen molar-refractivity contribution in [3.8, 4) is 0 Å². The van der Waals surface area contributed by atoms with Crippen LogP contribution in [-0.2, 0) is 0 Å². The van der Waals surface area contributed by atoms with Gasteiger partial charge in [0.1, 0.15) is 0 Å². The third kappa shape index (κ3) is 3.67. The summed E-state index contributed by atoms with van der Waals surface area (Å²) in [6, 6.07) is 0. The molecule has 1 heteroatoms. The highest BCUT2D eigenvalue weighted by Crippen LogP contribution is 2.25. The second kappa shape index (κ2) is 3.77. The van der Waals surface area contributed by atoms with Gasteiger partial charge in [0.05, 0.1) is 0 Å². The van der Waals surface area contributed by atoms with E-state index in [1.807, 2.05) is 6.08 Å². The van der Waals surface area contributed by atoms with Crippen LogP contribution in [0.4, 0.5) is 0 Å². The highest BCUT2D eigenvalue weighted by molar-refractivity contribution is 4.92. The van der Waals surface area contributed by atoms with E-state index in [9.17, 15) is 0 Å². The van der Waals surface area contributed by atoms with Crippen LogP contribution in [0.1, 0.15) is 27.7 Å². The van der Waals surface area contributed by atoms with Crippen molar-refractivity contribution in [3.63, 3.8) is 0 Å². The van der Waals surface area contributed by atoms with Gasteiger partial charge >= 0.3 is 0 Å². The fourth-order valence-electron chi connectivity index (χ4n) is 0.571. The van der Waals surface area contributed by atoms with Gasteiger partial charge in [0, 0.05) is 6.54 Å². The molecular formula is C9H19N. The van der Waals surface area contributed by atoms with Crippen molar-refractivity contribution in [3.05, 3.63) is 12.2 Å². The van der Waals surface area contributed by atoms with Crippen molar-refractivity contribution in [2.45, 2.75) is 27.7 Å². The van der Waals surface area contributed by atoms with Crippen LogP contribution in [0.5, 0.6) is 0 Å². The Balaban J connectivity index is 3.84. The van der Waals surface area contributed by atoms with Crippen LogP contribution in [0.25, 0.3) is 0 Å². The molecule has 0 aliphatic carbocycles. The minimum atomic E-state index is 0.367. The lowest BCUT2D eigenvalue weighted by atomic mass is 9.82. The molecule has 0 saturated carbocycles. The maximum atomic E-state index is 5.33. The molecule has 10 heavy (non-hydrogen) atoms. The highest BCUT2D eigenvalue weighted by atomic mass is 14.5. The van der Waals surface area contributed by atoms with Crippen LogP contribution in [0, 0.1) is 11.3 Å². The fraction of sp³-hybridized carbons (Fsp3) is 0.778. The Morgan fingerprint density at radius 3 is 2.20 bits per heavy atom. The summed E-state index contributed by atoms with van der Waals surface area (Å²) in [5, 5.41) is 0. The SMILES string of the molecule is CC(/C=C/CN)C(C)(C)C. The topological polar surface area (TPSA) is 26.0 Å². The van der Waals surface area contributed by atoms with Gasteiger partial charge in [-0.05, 0) is 11.3 Å². The van der Waals surface area contributed by atoms with E-state index in [2.05, 4.69) is 33.8 Å². The molecule has 0 radical (unpaired) electrons. The molecule has 60 valence electrons. The van der Waals surface area contributed by atoms with Gasteiger partial charge in [-0.3, -0.25) is 0 Å². The van der Waals surface area contributed by atoms with E-state index in [0.29, 0.717) is 17.9 Å². The van der Waals surface area contributed by atoms with E-state index >= 15 is 0 Å². The van der Waals surface area contributed by atoms with E-state index in [4.69, 9.17) is 5.73 Å². The van der Waals surface area contributed by atoms with Crippen molar-refractivity contribution in [1.29, 1.82) is 0 Å². The molecule has 0 heterocycles. The maximum absolute atomic E-state index is 5.33. The van der Waals surface area contributed by atoms with Gasteiger partial charge in [0.25, 0.3) is 0 Å². The number of hydrogen-bond donors (Lipinski definition) is 1. The molecule has 0 saturated heterocycles. The number of rotatable bonds is 2. The third-order valence-corrected chi connectivity index (χ3v) is 1.93. The predicted molar refractivity (Wildman–Crippen MR) is 46.8 cm³/mol. The van der Waals surface area contributed by atoms with Crippen molar-refractivity contribution < 1.29 is 0 Å². The first-order valence-corrected chi connectivity index (χ1v) is 3.85. The smallest absolute Gasteiger partial charge is 0.0106 e. The minimum Gasteiger partial charge on any atom is -0.327 e. The van der Waals surface area contributed by atoms with Gasteiger partial charge < -0.3 is 5.73 Å². The second-order valence-electron chi connectivity index (χ2n) is 3.82. The molecule has 0 amide bonds. The molecule has 0 aromatic heterocycles. The summed E-state index contributed by atoms with van der Waals surface area (Å²) in [5.41, 5.74) is 5.70. The Bertz CT molecular complexity index is 108. The minimum absolute atomic E-state index is 0.367. The van der Waals surface area contributed by atoms with Gasteiger partial charge in [-0.2, -0.15) is 0 Å². The van der Waals surface area contributed by atoms with Crippen LogP contribution >= 0.6 is 0 Å². The van der Waals surface area contributed by atoms with Crippen LogP contribution in [0.15, 0.2) is 12.2 Å². The maximum Gasteiger partial charge on any atom is 0.0106 e. The molecule has 1 atom stereocenters. The Morgan fingerprint density at radius 2 is 1.90 bits per heavy atom. The normalized spacial score (nSPS) is 16.1. The highest BCUT2D eigenvalue weighted by Gasteiger charge is 2.16. The largest absolute Gasteiger partial charge is 0.327 e. The van der Waals surface area contributed by atoms with E-state index in [1.54, 1.807) is 0 Å². The number of hydrogen-bond acceptors (Lipinski definition) is 1. The van der Waals surface area contributed by atoms with E-state index in [0.717, 1.165) is 0 Å². The zero-order valence-electron chi connectivity index (χ0n) is 7.52. The zero-order valence-corrected chi connectivity index (χ0v) is 7.52. The van der Waals surface area contributed by atoms with Crippen LogP contribution in [0.2, 0.25) is 0 Å². The standard InChI is InChI=1S/C9H19N/c1-8(6-5-7-10)9(2,3)4/h5-6,8H,7,10H2,1-4H3/b6-5+. The lowest BCUT2D eigenvalue weighted by molar-refractivity contribution is 0.314. The lowest BCUT2D eigenvalue weighted by Crippen LogP contribution is -2.15. The Labute approximate surface area is 64.3 Å². The first kappa shape index (κ1) is 9.70. The van der Waals surface area contributed by atoms with Crippen molar-refractivity contribution in [2.75, 3.05) is 6.54 Å². The molecule has 0 aromatic carbocycles.